The second kappa shape index (κ2) is 5.32. The van der Waals surface area contributed by atoms with Crippen molar-refractivity contribution >= 4 is 5.91 Å². The molecule has 92 valence electrons. The average molecular weight is 232 g/mol. The van der Waals surface area contributed by atoms with Gasteiger partial charge in [0.1, 0.15) is 0 Å². The van der Waals surface area contributed by atoms with Crippen molar-refractivity contribution < 1.29 is 4.79 Å². The van der Waals surface area contributed by atoms with Gasteiger partial charge < -0.3 is 10.6 Å². The zero-order chi connectivity index (χ0) is 12.3. The highest BCUT2D eigenvalue weighted by molar-refractivity contribution is 5.83. The maximum atomic E-state index is 12.1. The first-order valence-electron chi connectivity index (χ1n) is 6.24. The van der Waals surface area contributed by atoms with Crippen LogP contribution in [0.2, 0.25) is 0 Å². The molecule has 3 nitrogen and oxygen atoms in total. The average Bonchev–Trinajstić information content (AvgIpc) is 2.75. The molecule has 0 aliphatic carbocycles. The molecule has 2 rings (SSSR count). The number of hydrogen-bond donors (Lipinski definition) is 2. The van der Waals surface area contributed by atoms with E-state index in [9.17, 15) is 4.79 Å². The summed E-state index contributed by atoms with van der Waals surface area (Å²) in [6, 6.07) is 10.2. The van der Waals surface area contributed by atoms with Gasteiger partial charge in [-0.25, -0.2) is 0 Å². The maximum Gasteiger partial charge on any atom is 0.227 e. The summed E-state index contributed by atoms with van der Waals surface area (Å²) in [5, 5.41) is 6.42. The zero-order valence-electron chi connectivity index (χ0n) is 10.4. The van der Waals surface area contributed by atoms with Crippen LogP contribution in [0, 0.1) is 5.92 Å². The summed E-state index contributed by atoms with van der Waals surface area (Å²) in [5.74, 6) is 0.558. The van der Waals surface area contributed by atoms with Gasteiger partial charge in [-0.2, -0.15) is 0 Å². The minimum atomic E-state index is -0.0796. The molecule has 1 aromatic carbocycles. The Bertz CT molecular complexity index is 377. The Balaban J connectivity index is 1.96. The SMILES string of the molecule is CC(C(=O)NC1CNCC1C)c1ccccc1. The molecule has 1 heterocycles. The number of nitrogens with one attached hydrogen (secondary N) is 2. The Morgan fingerprint density at radius 2 is 2.06 bits per heavy atom. The molecule has 0 saturated carbocycles. The predicted molar refractivity (Wildman–Crippen MR) is 68.8 cm³/mol. The number of carbonyl (C=O) groups excluding carboxylic acids is 1. The molecule has 1 amide bonds. The molecule has 0 radical (unpaired) electrons. The lowest BCUT2D eigenvalue weighted by Crippen LogP contribution is -2.41. The van der Waals surface area contributed by atoms with Gasteiger partial charge in [-0.3, -0.25) is 4.79 Å². The van der Waals surface area contributed by atoms with Gasteiger partial charge in [0, 0.05) is 12.6 Å². The molecular formula is C14H20N2O. The molecule has 3 atom stereocenters. The highest BCUT2D eigenvalue weighted by Gasteiger charge is 2.26. The number of hydrogen-bond acceptors (Lipinski definition) is 2. The van der Waals surface area contributed by atoms with Crippen LogP contribution in [0.15, 0.2) is 30.3 Å². The molecule has 1 aromatic rings. The molecule has 0 bridgehead atoms. The number of carbonyl (C=O) groups is 1. The third-order valence-corrected chi connectivity index (χ3v) is 3.54. The number of rotatable bonds is 3. The molecule has 1 fully saturated rings. The van der Waals surface area contributed by atoms with E-state index in [0.29, 0.717) is 5.92 Å². The minimum absolute atomic E-state index is 0.0796. The van der Waals surface area contributed by atoms with Crippen LogP contribution in [-0.2, 0) is 4.79 Å². The van der Waals surface area contributed by atoms with Crippen LogP contribution in [0.25, 0.3) is 0 Å². The monoisotopic (exact) mass is 232 g/mol. The van der Waals surface area contributed by atoms with E-state index in [1.807, 2.05) is 37.3 Å². The van der Waals surface area contributed by atoms with E-state index in [1.165, 1.54) is 0 Å². The van der Waals surface area contributed by atoms with Crippen molar-refractivity contribution in [3.8, 4) is 0 Å². The third-order valence-electron chi connectivity index (χ3n) is 3.54. The van der Waals surface area contributed by atoms with Crippen LogP contribution in [-0.4, -0.2) is 25.0 Å². The van der Waals surface area contributed by atoms with Crippen molar-refractivity contribution in [1.29, 1.82) is 0 Å². The Kier molecular flexibility index (Phi) is 3.79. The minimum Gasteiger partial charge on any atom is -0.351 e. The Labute approximate surface area is 103 Å². The molecular weight excluding hydrogens is 212 g/mol. The second-order valence-electron chi connectivity index (χ2n) is 4.88. The largest absolute Gasteiger partial charge is 0.351 e. The number of amides is 1. The van der Waals surface area contributed by atoms with Crippen LogP contribution < -0.4 is 10.6 Å². The van der Waals surface area contributed by atoms with Crippen molar-refractivity contribution in [3.63, 3.8) is 0 Å². The normalized spacial score (nSPS) is 25.5. The van der Waals surface area contributed by atoms with Gasteiger partial charge in [-0.15, -0.1) is 0 Å². The smallest absolute Gasteiger partial charge is 0.227 e. The van der Waals surface area contributed by atoms with Crippen molar-refractivity contribution in [2.75, 3.05) is 13.1 Å². The highest BCUT2D eigenvalue weighted by atomic mass is 16.1. The van der Waals surface area contributed by atoms with Crippen molar-refractivity contribution in [2.24, 2.45) is 5.92 Å². The van der Waals surface area contributed by atoms with Crippen LogP contribution in [0.3, 0.4) is 0 Å². The van der Waals surface area contributed by atoms with Crippen molar-refractivity contribution in [3.05, 3.63) is 35.9 Å². The highest BCUT2D eigenvalue weighted by Crippen LogP contribution is 2.16. The van der Waals surface area contributed by atoms with E-state index >= 15 is 0 Å². The van der Waals surface area contributed by atoms with Gasteiger partial charge in [-0.05, 0) is 24.9 Å². The second-order valence-corrected chi connectivity index (χ2v) is 4.88. The van der Waals surface area contributed by atoms with Gasteiger partial charge >= 0.3 is 0 Å². The molecule has 0 spiro atoms. The first-order chi connectivity index (χ1) is 8.18. The summed E-state index contributed by atoms with van der Waals surface area (Å²) in [4.78, 5) is 12.1. The fourth-order valence-electron chi connectivity index (χ4n) is 2.20. The Morgan fingerprint density at radius 3 is 2.65 bits per heavy atom. The van der Waals surface area contributed by atoms with Gasteiger partial charge in [0.25, 0.3) is 0 Å². The quantitative estimate of drug-likeness (QED) is 0.829. The molecule has 0 aromatic heterocycles. The first kappa shape index (κ1) is 12.1. The van der Waals surface area contributed by atoms with Crippen LogP contribution >= 0.6 is 0 Å². The number of benzene rings is 1. The maximum absolute atomic E-state index is 12.1. The summed E-state index contributed by atoms with van der Waals surface area (Å²) in [7, 11) is 0. The standard InChI is InChI=1S/C14H20N2O/c1-10-8-15-9-13(10)16-14(17)11(2)12-6-4-3-5-7-12/h3-7,10-11,13,15H,8-9H2,1-2H3,(H,16,17). The summed E-state index contributed by atoms with van der Waals surface area (Å²) in [5.41, 5.74) is 1.07. The summed E-state index contributed by atoms with van der Waals surface area (Å²) < 4.78 is 0. The van der Waals surface area contributed by atoms with Crippen LogP contribution in [0.1, 0.15) is 25.3 Å². The zero-order valence-corrected chi connectivity index (χ0v) is 10.4. The lowest BCUT2D eigenvalue weighted by atomic mass is 9.99. The van der Waals surface area contributed by atoms with Gasteiger partial charge in [-0.1, -0.05) is 37.3 Å². The molecule has 1 saturated heterocycles. The van der Waals surface area contributed by atoms with E-state index in [2.05, 4.69) is 17.6 Å². The van der Waals surface area contributed by atoms with E-state index < -0.39 is 0 Å². The molecule has 3 unspecified atom stereocenters. The predicted octanol–water partition coefficient (Wildman–Crippen LogP) is 1.51. The van der Waals surface area contributed by atoms with Crippen molar-refractivity contribution in [2.45, 2.75) is 25.8 Å². The third kappa shape index (κ3) is 2.86. The summed E-state index contributed by atoms with van der Waals surface area (Å²) in [6.07, 6.45) is 0. The topological polar surface area (TPSA) is 41.1 Å². The van der Waals surface area contributed by atoms with Crippen molar-refractivity contribution in [1.82, 2.24) is 10.6 Å². The van der Waals surface area contributed by atoms with E-state index in [-0.39, 0.29) is 17.9 Å². The molecule has 2 N–H and O–H groups in total. The lowest BCUT2D eigenvalue weighted by molar-refractivity contribution is -0.123. The Morgan fingerprint density at radius 1 is 1.35 bits per heavy atom. The van der Waals surface area contributed by atoms with Crippen LogP contribution in [0.4, 0.5) is 0 Å². The summed E-state index contributed by atoms with van der Waals surface area (Å²) in [6.45, 7) is 5.99. The van der Waals surface area contributed by atoms with E-state index in [1.54, 1.807) is 0 Å². The van der Waals surface area contributed by atoms with E-state index in [0.717, 1.165) is 18.7 Å². The van der Waals surface area contributed by atoms with Gasteiger partial charge in [0.2, 0.25) is 5.91 Å². The van der Waals surface area contributed by atoms with Gasteiger partial charge in [0.15, 0.2) is 0 Å². The Hall–Kier alpha value is -1.35. The fraction of sp³-hybridized carbons (Fsp3) is 0.500. The van der Waals surface area contributed by atoms with Crippen LogP contribution in [0.5, 0.6) is 0 Å². The first-order valence-corrected chi connectivity index (χ1v) is 6.24. The summed E-state index contributed by atoms with van der Waals surface area (Å²) >= 11 is 0. The lowest BCUT2D eigenvalue weighted by Gasteiger charge is -2.19. The molecule has 3 heteroatoms. The fourth-order valence-corrected chi connectivity index (χ4v) is 2.20. The van der Waals surface area contributed by atoms with E-state index in [4.69, 9.17) is 0 Å². The molecule has 1 aliphatic rings. The molecule has 17 heavy (non-hydrogen) atoms. The molecule has 1 aliphatic heterocycles. The van der Waals surface area contributed by atoms with Gasteiger partial charge in [0.05, 0.1) is 5.92 Å².